The van der Waals surface area contributed by atoms with Crippen molar-refractivity contribution in [3.05, 3.63) is 23.8 Å². The number of imide groups is 1. The lowest BCUT2D eigenvalue weighted by molar-refractivity contribution is -0.130. The van der Waals surface area contributed by atoms with Crippen molar-refractivity contribution >= 4 is 29.3 Å². The van der Waals surface area contributed by atoms with Crippen LogP contribution in [0.5, 0.6) is 0 Å². The third kappa shape index (κ3) is 2.88. The first kappa shape index (κ1) is 13.4. The molecule has 1 aromatic rings. The van der Waals surface area contributed by atoms with E-state index >= 15 is 0 Å². The molecule has 1 aromatic carbocycles. The molecule has 0 saturated carbocycles. The average Bonchev–Trinajstić information content (AvgIpc) is 2.37. The van der Waals surface area contributed by atoms with Crippen molar-refractivity contribution in [1.29, 1.82) is 5.26 Å². The third-order valence-corrected chi connectivity index (χ3v) is 3.64. The Bertz CT molecular complexity index is 549. The summed E-state index contributed by atoms with van der Waals surface area (Å²) >= 11 is 1.57. The number of carbonyl (C=O) groups is 2. The van der Waals surface area contributed by atoms with Crippen molar-refractivity contribution in [2.75, 3.05) is 23.7 Å². The Balaban J connectivity index is 2.39. The zero-order valence-electron chi connectivity index (χ0n) is 10.5. The number of hydrogen-bond acceptors (Lipinski definition) is 5. The van der Waals surface area contributed by atoms with Gasteiger partial charge in [0, 0.05) is 4.90 Å². The molecule has 0 aromatic heterocycles. The molecule has 0 unspecified atom stereocenters. The number of nitrogens with one attached hydrogen (secondary N) is 1. The van der Waals surface area contributed by atoms with Crippen LogP contribution in [0.1, 0.15) is 12.5 Å². The molecular weight excluding hydrogens is 262 g/mol. The molecule has 1 aliphatic heterocycles. The molecule has 1 fully saturated rings. The van der Waals surface area contributed by atoms with E-state index in [-0.39, 0.29) is 24.9 Å². The molecule has 0 atom stereocenters. The van der Waals surface area contributed by atoms with Crippen LogP contribution in [0, 0.1) is 11.3 Å². The van der Waals surface area contributed by atoms with E-state index in [0.29, 0.717) is 11.3 Å². The minimum absolute atomic E-state index is 0.0979. The van der Waals surface area contributed by atoms with Gasteiger partial charge in [0.05, 0.1) is 24.3 Å². The van der Waals surface area contributed by atoms with Gasteiger partial charge in [-0.2, -0.15) is 5.26 Å². The van der Waals surface area contributed by atoms with E-state index in [1.807, 2.05) is 19.1 Å². The summed E-state index contributed by atoms with van der Waals surface area (Å²) in [6.07, 6.45) is 0. The second-order valence-electron chi connectivity index (χ2n) is 4.02. The highest BCUT2D eigenvalue weighted by Crippen LogP contribution is 2.30. The number of nitrogens with zero attached hydrogens (tertiary/aromatic N) is 2. The van der Waals surface area contributed by atoms with Crippen LogP contribution in [-0.2, 0) is 9.59 Å². The van der Waals surface area contributed by atoms with Gasteiger partial charge in [0.25, 0.3) is 0 Å². The second-order valence-corrected chi connectivity index (χ2v) is 5.33. The highest BCUT2D eigenvalue weighted by atomic mass is 32.2. The van der Waals surface area contributed by atoms with Gasteiger partial charge in [0.1, 0.15) is 6.07 Å². The van der Waals surface area contributed by atoms with Crippen molar-refractivity contribution in [2.24, 2.45) is 0 Å². The lowest BCUT2D eigenvalue weighted by Gasteiger charge is -2.28. The Labute approximate surface area is 115 Å². The Hall–Kier alpha value is -2.00. The number of hydrogen-bond donors (Lipinski definition) is 1. The standard InChI is InChI=1S/C13H13N3O2S/c1-2-19-11-5-3-4-10(9(11)6-14)16-7-12(17)15-13(18)8-16/h3-5H,2,7-8H2,1H3,(H,15,17,18). The summed E-state index contributed by atoms with van der Waals surface area (Å²) in [7, 11) is 0. The molecule has 0 spiro atoms. The van der Waals surface area contributed by atoms with Gasteiger partial charge in [0.2, 0.25) is 11.8 Å². The third-order valence-electron chi connectivity index (χ3n) is 2.70. The normalized spacial score (nSPS) is 15.1. The molecular formula is C13H13N3O2S. The Morgan fingerprint density at radius 1 is 1.37 bits per heavy atom. The van der Waals surface area contributed by atoms with Crippen molar-refractivity contribution in [3.63, 3.8) is 0 Å². The fourth-order valence-electron chi connectivity index (χ4n) is 1.98. The quantitative estimate of drug-likeness (QED) is 0.661. The lowest BCUT2D eigenvalue weighted by Crippen LogP contribution is -2.51. The first-order valence-electron chi connectivity index (χ1n) is 5.89. The summed E-state index contributed by atoms with van der Waals surface area (Å²) in [4.78, 5) is 25.3. The minimum atomic E-state index is -0.339. The van der Waals surface area contributed by atoms with Gasteiger partial charge in [-0.25, -0.2) is 0 Å². The van der Waals surface area contributed by atoms with Crippen LogP contribution in [-0.4, -0.2) is 30.7 Å². The van der Waals surface area contributed by atoms with E-state index in [1.165, 1.54) is 0 Å². The summed E-state index contributed by atoms with van der Waals surface area (Å²) in [5, 5.41) is 11.6. The molecule has 2 rings (SSSR count). The van der Waals surface area contributed by atoms with Crippen LogP contribution >= 0.6 is 11.8 Å². The van der Waals surface area contributed by atoms with Crippen LogP contribution in [0.3, 0.4) is 0 Å². The van der Waals surface area contributed by atoms with Crippen molar-refractivity contribution < 1.29 is 9.59 Å². The van der Waals surface area contributed by atoms with Crippen LogP contribution < -0.4 is 10.2 Å². The van der Waals surface area contributed by atoms with Gasteiger partial charge in [-0.3, -0.25) is 14.9 Å². The number of anilines is 1. The molecule has 1 heterocycles. The highest BCUT2D eigenvalue weighted by molar-refractivity contribution is 7.99. The summed E-state index contributed by atoms with van der Waals surface area (Å²) in [6, 6.07) is 7.65. The molecule has 1 aliphatic rings. The maximum absolute atomic E-state index is 11.4. The zero-order chi connectivity index (χ0) is 13.8. The number of carbonyl (C=O) groups excluding carboxylic acids is 2. The number of nitriles is 1. The van der Waals surface area contributed by atoms with Gasteiger partial charge in [-0.1, -0.05) is 13.0 Å². The second kappa shape index (κ2) is 5.76. The van der Waals surface area contributed by atoms with E-state index in [2.05, 4.69) is 11.4 Å². The highest BCUT2D eigenvalue weighted by Gasteiger charge is 2.25. The number of amides is 2. The van der Waals surface area contributed by atoms with E-state index in [1.54, 1.807) is 22.7 Å². The van der Waals surface area contributed by atoms with Gasteiger partial charge >= 0.3 is 0 Å². The van der Waals surface area contributed by atoms with E-state index in [0.717, 1.165) is 10.6 Å². The lowest BCUT2D eigenvalue weighted by atomic mass is 10.1. The molecule has 0 bridgehead atoms. The summed E-state index contributed by atoms with van der Waals surface area (Å²) in [5.41, 5.74) is 1.17. The van der Waals surface area contributed by atoms with Gasteiger partial charge < -0.3 is 4.90 Å². The molecule has 0 radical (unpaired) electrons. The van der Waals surface area contributed by atoms with Gasteiger partial charge in [0.15, 0.2) is 0 Å². The largest absolute Gasteiger partial charge is 0.352 e. The summed E-state index contributed by atoms with van der Waals surface area (Å²) < 4.78 is 0. The molecule has 1 saturated heterocycles. The predicted molar refractivity (Wildman–Crippen MR) is 72.9 cm³/mol. The van der Waals surface area contributed by atoms with Gasteiger partial charge in [-0.15, -0.1) is 11.8 Å². The monoisotopic (exact) mass is 275 g/mol. The van der Waals surface area contributed by atoms with E-state index in [9.17, 15) is 14.9 Å². The molecule has 19 heavy (non-hydrogen) atoms. The Morgan fingerprint density at radius 3 is 2.63 bits per heavy atom. The van der Waals surface area contributed by atoms with Gasteiger partial charge in [-0.05, 0) is 17.9 Å². The van der Waals surface area contributed by atoms with E-state index in [4.69, 9.17) is 0 Å². The number of rotatable bonds is 3. The minimum Gasteiger partial charge on any atom is -0.352 e. The van der Waals surface area contributed by atoms with Crippen molar-refractivity contribution in [3.8, 4) is 6.07 Å². The molecule has 2 amide bonds. The van der Waals surface area contributed by atoms with Crippen LogP contribution in [0.15, 0.2) is 23.1 Å². The van der Waals surface area contributed by atoms with E-state index < -0.39 is 0 Å². The van der Waals surface area contributed by atoms with Crippen molar-refractivity contribution in [2.45, 2.75) is 11.8 Å². The average molecular weight is 275 g/mol. The molecule has 98 valence electrons. The fraction of sp³-hybridized carbons (Fsp3) is 0.308. The number of thioether (sulfide) groups is 1. The summed E-state index contributed by atoms with van der Waals surface area (Å²) in [6.45, 7) is 2.21. The molecule has 5 nitrogen and oxygen atoms in total. The van der Waals surface area contributed by atoms with Crippen LogP contribution in [0.2, 0.25) is 0 Å². The zero-order valence-corrected chi connectivity index (χ0v) is 11.3. The van der Waals surface area contributed by atoms with Crippen LogP contribution in [0.25, 0.3) is 0 Å². The maximum atomic E-state index is 11.4. The Kier molecular flexibility index (Phi) is 4.07. The Morgan fingerprint density at radius 2 is 2.05 bits per heavy atom. The molecule has 0 aliphatic carbocycles. The molecule has 6 heteroatoms. The fourth-order valence-corrected chi connectivity index (χ4v) is 2.76. The molecule has 1 N–H and O–H groups in total. The number of piperazine rings is 1. The van der Waals surface area contributed by atoms with Crippen molar-refractivity contribution in [1.82, 2.24) is 5.32 Å². The van der Waals surface area contributed by atoms with Crippen LogP contribution in [0.4, 0.5) is 5.69 Å². The summed E-state index contributed by atoms with van der Waals surface area (Å²) in [5.74, 6) is 0.180. The first-order valence-corrected chi connectivity index (χ1v) is 6.87. The maximum Gasteiger partial charge on any atom is 0.246 e. The predicted octanol–water partition coefficient (Wildman–Crippen LogP) is 1.13. The SMILES string of the molecule is CCSc1cccc(N2CC(=O)NC(=O)C2)c1C#N. The number of benzene rings is 1. The smallest absolute Gasteiger partial charge is 0.246 e. The first-order chi connectivity index (χ1) is 9.15. The topological polar surface area (TPSA) is 73.2 Å².